The van der Waals surface area contributed by atoms with Crippen molar-refractivity contribution in [3.63, 3.8) is 0 Å². The van der Waals surface area contributed by atoms with Crippen molar-refractivity contribution < 1.29 is 9.59 Å². The molecule has 0 unspecified atom stereocenters. The maximum absolute atomic E-state index is 13.2. The van der Waals surface area contributed by atoms with E-state index in [1.54, 1.807) is 12.2 Å². The molecule has 0 atom stereocenters. The van der Waals surface area contributed by atoms with Gasteiger partial charge in [-0.1, -0.05) is 55.1 Å². The fourth-order valence-electron chi connectivity index (χ4n) is 3.27. The second-order valence-electron chi connectivity index (χ2n) is 6.88. The highest BCUT2D eigenvalue weighted by Gasteiger charge is 2.24. The normalized spacial score (nSPS) is 14.8. The number of piperidine rings is 1. The zero-order valence-electron chi connectivity index (χ0n) is 16.7. The van der Waals surface area contributed by atoms with Gasteiger partial charge in [0.1, 0.15) is 5.00 Å². The zero-order valence-corrected chi connectivity index (χ0v) is 17.5. The number of hydrogen-bond donors (Lipinski definition) is 1. The summed E-state index contributed by atoms with van der Waals surface area (Å²) in [5.41, 5.74) is 2.03. The van der Waals surface area contributed by atoms with Gasteiger partial charge in [0.05, 0.1) is 5.56 Å². The van der Waals surface area contributed by atoms with E-state index in [0.717, 1.165) is 42.8 Å². The Balaban J connectivity index is 1.95. The molecule has 1 N–H and O–H groups in total. The van der Waals surface area contributed by atoms with Crippen LogP contribution in [0.15, 0.2) is 72.9 Å². The summed E-state index contributed by atoms with van der Waals surface area (Å²) in [6.07, 6.45) is 10.1. The number of thiophene rings is 1. The number of benzene rings is 1. The summed E-state index contributed by atoms with van der Waals surface area (Å²) in [5, 5.41) is 3.52. The van der Waals surface area contributed by atoms with Crippen molar-refractivity contribution in [2.24, 2.45) is 0 Å². The first-order valence-electron chi connectivity index (χ1n) is 9.89. The third kappa shape index (κ3) is 5.12. The minimum Gasteiger partial charge on any atom is -0.339 e. The molecule has 1 aliphatic rings. The first kappa shape index (κ1) is 20.8. The predicted molar refractivity (Wildman–Crippen MR) is 121 cm³/mol. The first-order valence-corrected chi connectivity index (χ1v) is 10.7. The summed E-state index contributed by atoms with van der Waals surface area (Å²) < 4.78 is 0. The van der Waals surface area contributed by atoms with Crippen LogP contribution in [0.3, 0.4) is 0 Å². The summed E-state index contributed by atoms with van der Waals surface area (Å²) in [6.45, 7) is 7.14. The number of nitrogens with zero attached hydrogens (tertiary/aromatic N) is 1. The summed E-state index contributed by atoms with van der Waals surface area (Å²) in [5.74, 6) is -0.289. The van der Waals surface area contributed by atoms with Crippen molar-refractivity contribution in [2.75, 3.05) is 18.4 Å². The fourth-order valence-corrected chi connectivity index (χ4v) is 4.32. The molecule has 0 saturated carbocycles. The van der Waals surface area contributed by atoms with Gasteiger partial charge in [-0.2, -0.15) is 0 Å². The third-order valence-corrected chi connectivity index (χ3v) is 5.94. The van der Waals surface area contributed by atoms with Crippen molar-refractivity contribution in [3.05, 3.63) is 78.4 Å². The average Bonchev–Trinajstić information content (AvgIpc) is 3.18. The van der Waals surface area contributed by atoms with Crippen LogP contribution in [0, 0.1) is 0 Å². The fraction of sp³-hybridized carbons (Fsp3) is 0.250. The first-order chi connectivity index (χ1) is 14.1. The monoisotopic (exact) mass is 406 g/mol. The van der Waals surface area contributed by atoms with Crippen LogP contribution in [0.4, 0.5) is 5.00 Å². The molecule has 1 fully saturated rings. The number of anilines is 1. The van der Waals surface area contributed by atoms with Gasteiger partial charge in [0, 0.05) is 23.5 Å². The predicted octanol–water partition coefficient (Wildman–Crippen LogP) is 5.67. The number of likely N-dealkylation sites (tertiary alicyclic amines) is 1. The van der Waals surface area contributed by atoms with Gasteiger partial charge in [0.15, 0.2) is 0 Å². The molecule has 29 heavy (non-hydrogen) atoms. The molecular weight excluding hydrogens is 380 g/mol. The Hall–Kier alpha value is -2.92. The van der Waals surface area contributed by atoms with Crippen molar-refractivity contribution >= 4 is 28.2 Å². The van der Waals surface area contributed by atoms with Gasteiger partial charge in [0.25, 0.3) is 11.8 Å². The molecule has 1 aromatic carbocycles. The third-order valence-electron chi connectivity index (χ3n) is 4.84. The van der Waals surface area contributed by atoms with E-state index in [4.69, 9.17) is 0 Å². The Bertz CT molecular complexity index is 935. The lowest BCUT2D eigenvalue weighted by atomic mass is 10.1. The van der Waals surface area contributed by atoms with Gasteiger partial charge < -0.3 is 10.2 Å². The highest BCUT2D eigenvalue weighted by molar-refractivity contribution is 7.20. The van der Waals surface area contributed by atoms with Crippen LogP contribution in [-0.2, 0) is 4.79 Å². The Morgan fingerprint density at radius 3 is 2.52 bits per heavy atom. The van der Waals surface area contributed by atoms with Crippen molar-refractivity contribution in [1.29, 1.82) is 0 Å². The van der Waals surface area contributed by atoms with E-state index in [1.807, 2.05) is 54.3 Å². The van der Waals surface area contributed by atoms with Crippen LogP contribution in [0.25, 0.3) is 10.4 Å². The molecule has 150 valence electrons. The molecule has 2 amide bonds. The molecule has 1 aromatic heterocycles. The Kier molecular flexibility index (Phi) is 7.19. The second-order valence-corrected chi connectivity index (χ2v) is 7.93. The number of hydrogen-bond acceptors (Lipinski definition) is 3. The van der Waals surface area contributed by atoms with Gasteiger partial charge >= 0.3 is 0 Å². The highest BCUT2D eigenvalue weighted by atomic mass is 32.1. The molecule has 1 saturated heterocycles. The molecule has 0 spiro atoms. The quantitative estimate of drug-likeness (QED) is 0.496. The van der Waals surface area contributed by atoms with Crippen LogP contribution in [0.2, 0.25) is 0 Å². The van der Waals surface area contributed by atoms with Crippen LogP contribution in [-0.4, -0.2) is 29.8 Å². The molecule has 2 aromatic rings. The van der Waals surface area contributed by atoms with E-state index >= 15 is 0 Å². The molecule has 0 aliphatic carbocycles. The number of allylic oxidation sites excluding steroid dienone is 3. The smallest absolute Gasteiger partial charge is 0.256 e. The average molecular weight is 407 g/mol. The second kappa shape index (κ2) is 10.0. The lowest BCUT2D eigenvalue weighted by molar-refractivity contribution is -0.112. The van der Waals surface area contributed by atoms with Crippen molar-refractivity contribution in [1.82, 2.24) is 4.90 Å². The Morgan fingerprint density at radius 2 is 1.86 bits per heavy atom. The number of carbonyl (C=O) groups is 2. The van der Waals surface area contributed by atoms with E-state index in [-0.39, 0.29) is 11.8 Å². The van der Waals surface area contributed by atoms with Gasteiger partial charge in [-0.25, -0.2) is 0 Å². The molecule has 3 rings (SSSR count). The number of carbonyl (C=O) groups excluding carboxylic acids is 2. The molecular formula is C24H26N2O2S. The highest BCUT2D eigenvalue weighted by Crippen LogP contribution is 2.36. The summed E-state index contributed by atoms with van der Waals surface area (Å²) in [4.78, 5) is 28.8. The Labute approximate surface area is 176 Å². The maximum Gasteiger partial charge on any atom is 0.256 e. The van der Waals surface area contributed by atoms with Gasteiger partial charge in [-0.05, 0) is 43.9 Å². The lowest BCUT2D eigenvalue weighted by Gasteiger charge is -2.26. The Morgan fingerprint density at radius 1 is 1.14 bits per heavy atom. The minimum atomic E-state index is -0.271. The number of rotatable bonds is 6. The summed E-state index contributed by atoms with van der Waals surface area (Å²) in [6, 6.07) is 11.8. The SMILES string of the molecule is C=C/C(=C\C=C/C)C(=O)Nc1sc(-c2ccccc2)cc1C(=O)N1CCCCC1. The van der Waals surface area contributed by atoms with E-state index in [0.29, 0.717) is 16.1 Å². The van der Waals surface area contributed by atoms with Crippen molar-refractivity contribution in [2.45, 2.75) is 26.2 Å². The topological polar surface area (TPSA) is 49.4 Å². The maximum atomic E-state index is 13.2. The molecule has 5 heteroatoms. The number of amides is 2. The van der Waals surface area contributed by atoms with E-state index in [2.05, 4.69) is 11.9 Å². The molecule has 1 aliphatic heterocycles. The largest absolute Gasteiger partial charge is 0.339 e. The minimum absolute atomic E-state index is 0.0176. The summed E-state index contributed by atoms with van der Waals surface area (Å²) in [7, 11) is 0. The van der Waals surface area contributed by atoms with Gasteiger partial charge in [0.2, 0.25) is 0 Å². The summed E-state index contributed by atoms with van der Waals surface area (Å²) >= 11 is 1.43. The van der Waals surface area contributed by atoms with Crippen LogP contribution < -0.4 is 5.32 Å². The molecule has 0 bridgehead atoms. The zero-order chi connectivity index (χ0) is 20.6. The van der Waals surface area contributed by atoms with Crippen LogP contribution >= 0.6 is 11.3 Å². The van der Waals surface area contributed by atoms with Gasteiger partial charge in [-0.15, -0.1) is 11.3 Å². The molecule has 4 nitrogen and oxygen atoms in total. The molecule has 0 radical (unpaired) electrons. The van der Waals surface area contributed by atoms with Crippen LogP contribution in [0.1, 0.15) is 36.5 Å². The lowest BCUT2D eigenvalue weighted by Crippen LogP contribution is -2.35. The molecule has 2 heterocycles. The number of nitrogens with one attached hydrogen (secondary N) is 1. The van der Waals surface area contributed by atoms with Crippen LogP contribution in [0.5, 0.6) is 0 Å². The standard InChI is InChI=1S/C24H26N2O2S/c1-3-5-12-18(4-2)22(27)25-23-20(24(28)26-15-10-7-11-16-26)17-21(29-23)19-13-8-6-9-14-19/h3-6,8-9,12-14,17H,2,7,10-11,15-16H2,1H3,(H,25,27)/b5-3-,18-12+. The van der Waals surface area contributed by atoms with Gasteiger partial charge in [-0.3, -0.25) is 9.59 Å². The van der Waals surface area contributed by atoms with E-state index in [9.17, 15) is 9.59 Å². The van der Waals surface area contributed by atoms with E-state index < -0.39 is 0 Å². The van der Waals surface area contributed by atoms with Crippen molar-refractivity contribution in [3.8, 4) is 10.4 Å². The van der Waals surface area contributed by atoms with E-state index in [1.165, 1.54) is 17.4 Å².